The Hall–Kier alpha value is -0.910. The van der Waals surface area contributed by atoms with Crippen LogP contribution in [0.3, 0.4) is 0 Å². The van der Waals surface area contributed by atoms with Gasteiger partial charge in [-0.25, -0.2) is 13.1 Å². The standard InChI is InChI=1S/C16H28N2O2S/c1-6-15(7-2)18-21(19,20)16-10-14(11-17-8-3)9-12(4)13(16)5/h9-10,15,17-18H,6-8,11H2,1-5H3. The zero-order chi connectivity index (χ0) is 16.0. The third kappa shape index (κ3) is 4.80. The lowest BCUT2D eigenvalue weighted by Gasteiger charge is -2.18. The highest BCUT2D eigenvalue weighted by atomic mass is 32.2. The molecule has 0 heterocycles. The zero-order valence-corrected chi connectivity index (χ0v) is 14.6. The third-order valence-electron chi connectivity index (χ3n) is 3.86. The smallest absolute Gasteiger partial charge is 0.241 e. The Morgan fingerprint density at radius 2 is 1.71 bits per heavy atom. The molecule has 2 N–H and O–H groups in total. The predicted molar refractivity (Wildman–Crippen MR) is 88.0 cm³/mol. The highest BCUT2D eigenvalue weighted by Gasteiger charge is 2.21. The van der Waals surface area contributed by atoms with Gasteiger partial charge in [0.2, 0.25) is 10.0 Å². The first-order valence-electron chi connectivity index (χ1n) is 7.68. The summed E-state index contributed by atoms with van der Waals surface area (Å²) in [7, 11) is -3.46. The second-order valence-corrected chi connectivity index (χ2v) is 7.13. The molecule has 5 heteroatoms. The van der Waals surface area contributed by atoms with Crippen LogP contribution in [0, 0.1) is 13.8 Å². The average Bonchev–Trinajstić information content (AvgIpc) is 2.45. The van der Waals surface area contributed by atoms with Crippen molar-refractivity contribution in [2.24, 2.45) is 0 Å². The molecule has 4 nitrogen and oxygen atoms in total. The minimum atomic E-state index is -3.46. The quantitative estimate of drug-likeness (QED) is 0.776. The van der Waals surface area contributed by atoms with Crippen molar-refractivity contribution < 1.29 is 8.42 Å². The second kappa shape index (κ2) is 7.92. The van der Waals surface area contributed by atoms with E-state index in [1.807, 2.05) is 40.7 Å². The van der Waals surface area contributed by atoms with Crippen molar-refractivity contribution in [3.05, 3.63) is 28.8 Å². The molecule has 0 radical (unpaired) electrons. The third-order valence-corrected chi connectivity index (χ3v) is 5.50. The summed E-state index contributed by atoms with van der Waals surface area (Å²) in [4.78, 5) is 0.405. The van der Waals surface area contributed by atoms with Crippen LogP contribution in [0.2, 0.25) is 0 Å². The number of hydrogen-bond acceptors (Lipinski definition) is 3. The summed E-state index contributed by atoms with van der Waals surface area (Å²) in [6.45, 7) is 11.4. The van der Waals surface area contributed by atoms with E-state index in [-0.39, 0.29) is 6.04 Å². The molecule has 1 rings (SSSR count). The molecule has 21 heavy (non-hydrogen) atoms. The first-order chi connectivity index (χ1) is 9.85. The van der Waals surface area contributed by atoms with Crippen LogP contribution in [-0.2, 0) is 16.6 Å². The molecule has 0 unspecified atom stereocenters. The van der Waals surface area contributed by atoms with Gasteiger partial charge in [0.1, 0.15) is 0 Å². The summed E-state index contributed by atoms with van der Waals surface area (Å²) < 4.78 is 28.1. The summed E-state index contributed by atoms with van der Waals surface area (Å²) in [6, 6.07) is 3.83. The van der Waals surface area contributed by atoms with Crippen LogP contribution in [-0.4, -0.2) is 21.0 Å². The highest BCUT2D eigenvalue weighted by molar-refractivity contribution is 7.89. The molecule has 0 aliphatic carbocycles. The number of rotatable bonds is 8. The van der Waals surface area contributed by atoms with Crippen molar-refractivity contribution in [1.82, 2.24) is 10.0 Å². The zero-order valence-electron chi connectivity index (χ0n) is 13.8. The van der Waals surface area contributed by atoms with Gasteiger partial charge < -0.3 is 5.32 Å². The molecular weight excluding hydrogens is 284 g/mol. The average molecular weight is 312 g/mol. The maximum Gasteiger partial charge on any atom is 0.241 e. The Bertz CT molecular complexity index is 564. The minimum absolute atomic E-state index is 0.00729. The number of benzene rings is 1. The Labute approximate surface area is 129 Å². The monoisotopic (exact) mass is 312 g/mol. The first kappa shape index (κ1) is 18.1. The largest absolute Gasteiger partial charge is 0.313 e. The van der Waals surface area contributed by atoms with Gasteiger partial charge in [0.25, 0.3) is 0 Å². The molecule has 0 aliphatic rings. The van der Waals surface area contributed by atoms with Gasteiger partial charge in [-0.1, -0.05) is 26.8 Å². The topological polar surface area (TPSA) is 58.2 Å². The van der Waals surface area contributed by atoms with E-state index >= 15 is 0 Å². The van der Waals surface area contributed by atoms with Crippen LogP contribution >= 0.6 is 0 Å². The lowest BCUT2D eigenvalue weighted by Crippen LogP contribution is -2.34. The molecule has 0 fully saturated rings. The summed E-state index contributed by atoms with van der Waals surface area (Å²) in [5, 5.41) is 3.24. The van der Waals surface area contributed by atoms with E-state index in [9.17, 15) is 8.42 Å². The predicted octanol–water partition coefficient (Wildman–Crippen LogP) is 2.88. The van der Waals surface area contributed by atoms with E-state index in [1.165, 1.54) is 0 Å². The van der Waals surface area contributed by atoms with Gasteiger partial charge in [-0.05, 0) is 56.0 Å². The van der Waals surface area contributed by atoms with Gasteiger partial charge >= 0.3 is 0 Å². The number of aryl methyl sites for hydroxylation is 1. The van der Waals surface area contributed by atoms with E-state index < -0.39 is 10.0 Å². The first-order valence-corrected chi connectivity index (χ1v) is 9.17. The van der Waals surface area contributed by atoms with Gasteiger partial charge in [0, 0.05) is 12.6 Å². The Morgan fingerprint density at radius 3 is 2.24 bits per heavy atom. The normalized spacial score (nSPS) is 12.1. The fourth-order valence-corrected chi connectivity index (χ4v) is 4.06. The maximum atomic E-state index is 12.6. The Morgan fingerprint density at radius 1 is 1.10 bits per heavy atom. The van der Waals surface area contributed by atoms with Gasteiger partial charge in [0.05, 0.1) is 4.90 Å². The molecule has 0 aromatic heterocycles. The van der Waals surface area contributed by atoms with Crippen molar-refractivity contribution in [3.8, 4) is 0 Å². The molecule has 0 amide bonds. The van der Waals surface area contributed by atoms with Crippen LogP contribution in [0.15, 0.2) is 17.0 Å². The van der Waals surface area contributed by atoms with Gasteiger partial charge in [-0.3, -0.25) is 0 Å². The van der Waals surface area contributed by atoms with Crippen molar-refractivity contribution in [2.45, 2.75) is 64.9 Å². The van der Waals surface area contributed by atoms with Crippen molar-refractivity contribution >= 4 is 10.0 Å². The lowest BCUT2D eigenvalue weighted by molar-refractivity contribution is 0.529. The van der Waals surface area contributed by atoms with E-state index in [0.29, 0.717) is 11.4 Å². The minimum Gasteiger partial charge on any atom is -0.313 e. The van der Waals surface area contributed by atoms with Crippen LogP contribution in [0.5, 0.6) is 0 Å². The van der Waals surface area contributed by atoms with Crippen molar-refractivity contribution in [2.75, 3.05) is 6.54 Å². The SMILES string of the molecule is CCNCc1cc(C)c(C)c(S(=O)(=O)NC(CC)CC)c1. The fourth-order valence-electron chi connectivity index (χ4n) is 2.29. The van der Waals surface area contributed by atoms with Crippen molar-refractivity contribution in [1.29, 1.82) is 0 Å². The molecule has 1 aromatic carbocycles. The molecule has 0 aliphatic heterocycles. The summed E-state index contributed by atoms with van der Waals surface area (Å²) in [6.07, 6.45) is 1.59. The summed E-state index contributed by atoms with van der Waals surface area (Å²) in [5.41, 5.74) is 2.84. The van der Waals surface area contributed by atoms with E-state index in [2.05, 4.69) is 10.0 Å². The summed E-state index contributed by atoms with van der Waals surface area (Å²) in [5.74, 6) is 0. The molecule has 0 bridgehead atoms. The van der Waals surface area contributed by atoms with E-state index in [4.69, 9.17) is 0 Å². The van der Waals surface area contributed by atoms with Crippen LogP contribution in [0.25, 0.3) is 0 Å². The van der Waals surface area contributed by atoms with Crippen LogP contribution in [0.4, 0.5) is 0 Å². The van der Waals surface area contributed by atoms with Gasteiger partial charge in [-0.2, -0.15) is 0 Å². The Balaban J connectivity index is 3.18. The lowest BCUT2D eigenvalue weighted by atomic mass is 10.1. The van der Waals surface area contributed by atoms with Gasteiger partial charge in [-0.15, -0.1) is 0 Å². The fraction of sp³-hybridized carbons (Fsp3) is 0.625. The highest BCUT2D eigenvalue weighted by Crippen LogP contribution is 2.22. The summed E-state index contributed by atoms with van der Waals surface area (Å²) >= 11 is 0. The van der Waals surface area contributed by atoms with E-state index in [0.717, 1.165) is 36.1 Å². The van der Waals surface area contributed by atoms with Crippen LogP contribution < -0.4 is 10.0 Å². The molecule has 120 valence electrons. The number of sulfonamides is 1. The molecule has 0 saturated heterocycles. The van der Waals surface area contributed by atoms with E-state index in [1.54, 1.807) is 6.07 Å². The van der Waals surface area contributed by atoms with Gasteiger partial charge in [0.15, 0.2) is 0 Å². The molecule has 0 spiro atoms. The molecule has 1 aromatic rings. The van der Waals surface area contributed by atoms with Crippen molar-refractivity contribution in [3.63, 3.8) is 0 Å². The van der Waals surface area contributed by atoms with Crippen LogP contribution in [0.1, 0.15) is 50.3 Å². The maximum absolute atomic E-state index is 12.6. The number of nitrogens with one attached hydrogen (secondary N) is 2. The molecule has 0 atom stereocenters. The Kier molecular flexibility index (Phi) is 6.84. The number of hydrogen-bond donors (Lipinski definition) is 2. The molecule has 0 saturated carbocycles. The second-order valence-electron chi connectivity index (χ2n) is 5.45. The molecular formula is C16H28N2O2S.